The highest BCUT2D eigenvalue weighted by molar-refractivity contribution is 7.89. The first-order valence-electron chi connectivity index (χ1n) is 12.2. The average Bonchev–Trinajstić information content (AvgIpc) is 3.36. The average molecular weight is 520 g/mol. The predicted molar refractivity (Wildman–Crippen MR) is 147 cm³/mol. The summed E-state index contributed by atoms with van der Waals surface area (Å²) in [6, 6.07) is 20.4. The molecule has 37 heavy (non-hydrogen) atoms. The molecule has 2 heterocycles. The van der Waals surface area contributed by atoms with Crippen LogP contribution in [0.3, 0.4) is 0 Å². The van der Waals surface area contributed by atoms with Gasteiger partial charge >= 0.3 is 0 Å². The molecule has 0 fully saturated rings. The summed E-state index contributed by atoms with van der Waals surface area (Å²) in [5.74, 6) is 1.33. The van der Waals surface area contributed by atoms with E-state index in [9.17, 15) is 8.42 Å². The third-order valence-corrected chi connectivity index (χ3v) is 7.32. The first-order valence-corrected chi connectivity index (χ1v) is 13.7. The van der Waals surface area contributed by atoms with Crippen molar-refractivity contribution in [3.05, 3.63) is 79.1 Å². The molecule has 2 aromatic carbocycles. The van der Waals surface area contributed by atoms with Gasteiger partial charge in [-0.1, -0.05) is 30.3 Å². The second kappa shape index (κ2) is 11.1. The minimum atomic E-state index is -3.57. The second-order valence-electron chi connectivity index (χ2n) is 9.66. The molecule has 0 aliphatic carbocycles. The highest BCUT2D eigenvalue weighted by Gasteiger charge is 2.20. The van der Waals surface area contributed by atoms with Gasteiger partial charge in [0.2, 0.25) is 10.0 Å². The number of rotatable bonds is 10. The molecular formula is C28H33N5O3S. The molecule has 8 nitrogen and oxygen atoms in total. The molecule has 0 unspecified atom stereocenters. The quantitative estimate of drug-likeness (QED) is 0.281. The Kier molecular flexibility index (Phi) is 7.94. The van der Waals surface area contributed by atoms with Crippen LogP contribution < -0.4 is 14.8 Å². The molecule has 2 aromatic heterocycles. The van der Waals surface area contributed by atoms with Crippen molar-refractivity contribution < 1.29 is 13.2 Å². The number of anilines is 1. The molecule has 194 valence electrons. The van der Waals surface area contributed by atoms with Crippen LogP contribution in [0.1, 0.15) is 27.2 Å². The van der Waals surface area contributed by atoms with Crippen molar-refractivity contribution in [3.63, 3.8) is 0 Å². The van der Waals surface area contributed by atoms with Crippen molar-refractivity contribution >= 4 is 15.8 Å². The van der Waals surface area contributed by atoms with E-state index in [1.54, 1.807) is 25.4 Å². The predicted octanol–water partition coefficient (Wildman–Crippen LogP) is 5.16. The zero-order valence-electron chi connectivity index (χ0n) is 21.6. The molecule has 0 radical (unpaired) electrons. The number of pyridine rings is 1. The standard InChI is InChI=1S/C28H33N5O3S/c1-28(2,3)33-20-25(27(32-33)21-9-6-5-7-10-21)22-15-18-30-26(19-22)29-16-8-17-31-37(34,35)24-13-11-23(36-4)12-14-24/h5-7,9-15,18-20,31H,8,16-17H2,1-4H3,(H,29,30). The fraction of sp³-hybridized carbons (Fsp3) is 0.286. The largest absolute Gasteiger partial charge is 0.497 e. The molecule has 2 N–H and O–H groups in total. The van der Waals surface area contributed by atoms with Gasteiger partial charge in [0.25, 0.3) is 0 Å². The lowest BCUT2D eigenvalue weighted by Gasteiger charge is -2.18. The van der Waals surface area contributed by atoms with E-state index >= 15 is 0 Å². The summed E-state index contributed by atoms with van der Waals surface area (Å²) in [5, 5.41) is 8.21. The highest BCUT2D eigenvalue weighted by atomic mass is 32.2. The maximum Gasteiger partial charge on any atom is 0.240 e. The van der Waals surface area contributed by atoms with Crippen LogP contribution in [0.15, 0.2) is 84.0 Å². The smallest absolute Gasteiger partial charge is 0.240 e. The van der Waals surface area contributed by atoms with Crippen molar-refractivity contribution in [1.82, 2.24) is 19.5 Å². The van der Waals surface area contributed by atoms with Crippen molar-refractivity contribution in [1.29, 1.82) is 0 Å². The van der Waals surface area contributed by atoms with Gasteiger partial charge in [0.05, 0.1) is 17.5 Å². The highest BCUT2D eigenvalue weighted by Crippen LogP contribution is 2.33. The Morgan fingerprint density at radius 1 is 0.946 bits per heavy atom. The van der Waals surface area contributed by atoms with Crippen LogP contribution in [0.25, 0.3) is 22.4 Å². The molecule has 4 rings (SSSR count). The fourth-order valence-electron chi connectivity index (χ4n) is 3.78. The SMILES string of the molecule is COc1ccc(S(=O)(=O)NCCCNc2cc(-c3cn(C(C)(C)C)nc3-c3ccccc3)ccn2)cc1. The van der Waals surface area contributed by atoms with Gasteiger partial charge in [0, 0.05) is 36.6 Å². The molecule has 9 heteroatoms. The van der Waals surface area contributed by atoms with Crippen LogP contribution in [0.4, 0.5) is 5.82 Å². The van der Waals surface area contributed by atoms with Gasteiger partial charge in [-0.2, -0.15) is 5.10 Å². The third-order valence-electron chi connectivity index (χ3n) is 5.84. The van der Waals surface area contributed by atoms with E-state index in [-0.39, 0.29) is 10.4 Å². The molecule has 0 aliphatic rings. The van der Waals surface area contributed by atoms with Gasteiger partial charge in [-0.15, -0.1) is 0 Å². The molecule has 0 atom stereocenters. The summed E-state index contributed by atoms with van der Waals surface area (Å²) in [7, 11) is -2.03. The number of hydrogen-bond donors (Lipinski definition) is 2. The van der Waals surface area contributed by atoms with Crippen LogP contribution in [-0.2, 0) is 15.6 Å². The van der Waals surface area contributed by atoms with Crippen molar-refractivity contribution in [2.45, 2.75) is 37.6 Å². The van der Waals surface area contributed by atoms with E-state index in [2.05, 4.69) is 54.1 Å². The first kappa shape index (κ1) is 26.4. The van der Waals surface area contributed by atoms with Crippen LogP contribution in [-0.4, -0.2) is 43.4 Å². The Labute approximate surface area is 218 Å². The number of ether oxygens (including phenoxy) is 1. The number of nitrogens with one attached hydrogen (secondary N) is 2. The van der Waals surface area contributed by atoms with Gasteiger partial charge in [0.1, 0.15) is 17.3 Å². The number of sulfonamides is 1. The first-order chi connectivity index (χ1) is 17.7. The molecule has 0 spiro atoms. The normalized spacial score (nSPS) is 11.9. The molecule has 4 aromatic rings. The van der Waals surface area contributed by atoms with E-state index in [1.807, 2.05) is 35.0 Å². The van der Waals surface area contributed by atoms with Crippen LogP contribution in [0.5, 0.6) is 5.75 Å². The fourth-order valence-corrected chi connectivity index (χ4v) is 4.86. The summed E-state index contributed by atoms with van der Waals surface area (Å²) in [5.41, 5.74) is 3.84. The Morgan fingerprint density at radius 3 is 2.35 bits per heavy atom. The summed E-state index contributed by atoms with van der Waals surface area (Å²) in [6.07, 6.45) is 4.45. The molecule has 0 amide bonds. The number of nitrogens with zero attached hydrogens (tertiary/aromatic N) is 3. The van der Waals surface area contributed by atoms with Gasteiger partial charge in [-0.25, -0.2) is 18.1 Å². The van der Waals surface area contributed by atoms with Gasteiger partial charge in [-0.05, 0) is 69.2 Å². The number of hydrogen-bond acceptors (Lipinski definition) is 6. The van der Waals surface area contributed by atoms with E-state index < -0.39 is 10.0 Å². The lowest BCUT2D eigenvalue weighted by molar-refractivity contribution is 0.356. The maximum absolute atomic E-state index is 12.5. The summed E-state index contributed by atoms with van der Waals surface area (Å²) in [4.78, 5) is 4.65. The number of benzene rings is 2. The molecular weight excluding hydrogens is 486 g/mol. The van der Waals surface area contributed by atoms with E-state index in [4.69, 9.17) is 9.84 Å². The van der Waals surface area contributed by atoms with Crippen molar-refractivity contribution in [2.75, 3.05) is 25.5 Å². The Balaban J connectivity index is 1.41. The second-order valence-corrected chi connectivity index (χ2v) is 11.4. The zero-order chi connectivity index (χ0) is 26.5. The Hall–Kier alpha value is -3.69. The monoisotopic (exact) mass is 519 g/mol. The third kappa shape index (κ3) is 6.55. The van der Waals surface area contributed by atoms with E-state index in [0.29, 0.717) is 25.3 Å². The maximum atomic E-state index is 12.5. The van der Waals surface area contributed by atoms with E-state index in [1.165, 1.54) is 12.1 Å². The minimum Gasteiger partial charge on any atom is -0.497 e. The van der Waals surface area contributed by atoms with E-state index in [0.717, 1.165) is 28.2 Å². The minimum absolute atomic E-state index is 0.158. The van der Waals surface area contributed by atoms with Gasteiger partial charge < -0.3 is 10.1 Å². The number of methoxy groups -OCH3 is 1. The van der Waals surface area contributed by atoms with Crippen LogP contribution in [0, 0.1) is 0 Å². The summed E-state index contributed by atoms with van der Waals surface area (Å²) in [6.45, 7) is 7.24. The molecule has 0 saturated carbocycles. The number of aromatic nitrogens is 3. The molecule has 0 bridgehead atoms. The Morgan fingerprint density at radius 2 is 1.68 bits per heavy atom. The van der Waals surface area contributed by atoms with Crippen molar-refractivity contribution in [2.24, 2.45) is 0 Å². The summed E-state index contributed by atoms with van der Waals surface area (Å²) >= 11 is 0. The zero-order valence-corrected chi connectivity index (χ0v) is 22.4. The van der Waals surface area contributed by atoms with Gasteiger partial charge in [-0.3, -0.25) is 4.68 Å². The van der Waals surface area contributed by atoms with Crippen LogP contribution >= 0.6 is 0 Å². The Bertz CT molecular complexity index is 1430. The molecule has 0 saturated heterocycles. The van der Waals surface area contributed by atoms with Gasteiger partial charge in [0.15, 0.2) is 0 Å². The van der Waals surface area contributed by atoms with Crippen LogP contribution in [0.2, 0.25) is 0 Å². The lowest BCUT2D eigenvalue weighted by Crippen LogP contribution is -2.26. The summed E-state index contributed by atoms with van der Waals surface area (Å²) < 4.78 is 34.7. The lowest BCUT2D eigenvalue weighted by atomic mass is 10.0. The topological polar surface area (TPSA) is 98.1 Å². The molecule has 0 aliphatic heterocycles. The van der Waals surface area contributed by atoms with Crippen molar-refractivity contribution in [3.8, 4) is 28.1 Å².